The van der Waals surface area contributed by atoms with E-state index in [9.17, 15) is 8.42 Å². The number of sulfonamides is 1. The van der Waals surface area contributed by atoms with E-state index < -0.39 is 10.0 Å². The van der Waals surface area contributed by atoms with Crippen LogP contribution in [0.25, 0.3) is 0 Å². The molecule has 0 bridgehead atoms. The zero-order valence-corrected chi connectivity index (χ0v) is 11.2. The highest BCUT2D eigenvalue weighted by Crippen LogP contribution is 2.05. The van der Waals surface area contributed by atoms with E-state index in [4.69, 9.17) is 5.73 Å². The zero-order valence-electron chi connectivity index (χ0n) is 10.4. The van der Waals surface area contributed by atoms with E-state index in [0.717, 1.165) is 0 Å². The monoisotopic (exact) mass is 246 g/mol. The summed E-state index contributed by atoms with van der Waals surface area (Å²) in [6.07, 6.45) is 0. The van der Waals surface area contributed by atoms with Crippen molar-refractivity contribution in [1.82, 2.24) is 4.72 Å². The first-order chi connectivity index (χ1) is 7.67. The molecule has 1 aromatic rings. The molecule has 0 aliphatic rings. The number of nitrogens with one attached hydrogen (secondary N) is 1. The summed E-state index contributed by atoms with van der Waals surface area (Å²) >= 11 is 0. The van der Waals surface area contributed by atoms with Gasteiger partial charge in [0.15, 0.2) is 0 Å². The smallest absolute Gasteiger partial charge is 0.241 e. The van der Waals surface area contributed by atoms with E-state index in [1.165, 1.54) is 12.1 Å². The molecule has 0 aliphatic carbocycles. The Hall–Kier alpha value is -0.910. The van der Waals surface area contributed by atoms with Crippen LogP contribution in [0, 0.1) is 0 Å². The van der Waals surface area contributed by atoms with Crippen molar-refractivity contribution in [1.29, 1.82) is 0 Å². The molecule has 0 fully saturated rings. The Labute approximate surface area is 98.9 Å². The first kappa shape index (κ1) is 17.5. The number of hydrogen-bond donors (Lipinski definition) is 2. The van der Waals surface area contributed by atoms with Crippen molar-refractivity contribution in [3.05, 3.63) is 30.3 Å². The minimum absolute atomic E-state index is 0.0861. The highest BCUT2D eigenvalue weighted by atomic mass is 32.2. The average molecular weight is 246 g/mol. The first-order valence-corrected chi connectivity index (χ1v) is 6.90. The van der Waals surface area contributed by atoms with Crippen LogP contribution in [0.2, 0.25) is 0 Å². The Morgan fingerprint density at radius 1 is 1.06 bits per heavy atom. The van der Waals surface area contributed by atoms with Crippen molar-refractivity contribution in [3.63, 3.8) is 0 Å². The summed E-state index contributed by atoms with van der Waals surface area (Å²) in [7, 11) is -3.39. The lowest BCUT2D eigenvalue weighted by molar-refractivity contribution is 0.583. The summed E-state index contributed by atoms with van der Waals surface area (Å²) in [4.78, 5) is 0.232. The third-order valence-corrected chi connectivity index (χ3v) is 2.77. The molecule has 3 N–H and O–H groups in total. The van der Waals surface area contributed by atoms with Crippen LogP contribution < -0.4 is 10.5 Å². The Morgan fingerprint density at radius 2 is 1.50 bits per heavy atom. The van der Waals surface area contributed by atoms with Crippen LogP contribution in [0.15, 0.2) is 35.2 Å². The van der Waals surface area contributed by atoms with E-state index in [-0.39, 0.29) is 11.6 Å². The number of benzene rings is 1. The van der Waals surface area contributed by atoms with Crippen LogP contribution >= 0.6 is 0 Å². The van der Waals surface area contributed by atoms with E-state index in [0.29, 0.717) is 0 Å². The van der Waals surface area contributed by atoms with Crippen molar-refractivity contribution in [2.75, 3.05) is 6.67 Å². The predicted octanol–water partition coefficient (Wildman–Crippen LogP) is 1.93. The quantitative estimate of drug-likeness (QED) is 0.800. The van der Waals surface area contributed by atoms with Gasteiger partial charge >= 0.3 is 0 Å². The van der Waals surface area contributed by atoms with Gasteiger partial charge in [-0.3, -0.25) is 0 Å². The lowest BCUT2D eigenvalue weighted by Crippen LogP contribution is -2.29. The van der Waals surface area contributed by atoms with Crippen molar-refractivity contribution in [2.45, 2.75) is 32.6 Å². The van der Waals surface area contributed by atoms with Crippen LogP contribution in [-0.2, 0) is 10.0 Å². The molecule has 16 heavy (non-hydrogen) atoms. The summed E-state index contributed by atoms with van der Waals surface area (Å²) in [5.41, 5.74) is 5.06. The van der Waals surface area contributed by atoms with Crippen molar-refractivity contribution < 1.29 is 8.42 Å². The van der Waals surface area contributed by atoms with Gasteiger partial charge in [0.05, 0.1) is 11.6 Å². The average Bonchev–Trinajstić information content (AvgIpc) is 2.35. The molecule has 0 aliphatic heterocycles. The lowest BCUT2D eigenvalue weighted by Gasteiger charge is -2.02. The molecule has 0 atom stereocenters. The molecule has 0 unspecified atom stereocenters. The molecule has 1 rings (SSSR count). The van der Waals surface area contributed by atoms with Gasteiger partial charge in [-0.25, -0.2) is 8.42 Å². The van der Waals surface area contributed by atoms with Gasteiger partial charge in [0.2, 0.25) is 10.0 Å². The van der Waals surface area contributed by atoms with E-state index in [1.807, 2.05) is 27.7 Å². The fourth-order valence-electron chi connectivity index (χ4n) is 0.793. The maximum absolute atomic E-state index is 11.2. The van der Waals surface area contributed by atoms with E-state index >= 15 is 0 Å². The van der Waals surface area contributed by atoms with E-state index in [2.05, 4.69) is 4.72 Å². The predicted molar refractivity (Wildman–Crippen MR) is 68.5 cm³/mol. The SMILES string of the molecule is CC.CC.NCNS(=O)(=O)c1ccccc1. The van der Waals surface area contributed by atoms with Gasteiger partial charge in [-0.1, -0.05) is 45.9 Å². The third-order valence-electron chi connectivity index (χ3n) is 1.33. The van der Waals surface area contributed by atoms with Crippen molar-refractivity contribution in [3.8, 4) is 0 Å². The van der Waals surface area contributed by atoms with Crippen molar-refractivity contribution in [2.24, 2.45) is 5.73 Å². The van der Waals surface area contributed by atoms with E-state index in [1.54, 1.807) is 18.2 Å². The fraction of sp³-hybridized carbons (Fsp3) is 0.455. The second-order valence-corrected chi connectivity index (χ2v) is 3.93. The maximum atomic E-state index is 11.2. The molecule has 4 nitrogen and oxygen atoms in total. The molecule has 0 spiro atoms. The molecule has 0 saturated heterocycles. The van der Waals surface area contributed by atoms with Gasteiger partial charge < -0.3 is 5.73 Å². The summed E-state index contributed by atoms with van der Waals surface area (Å²) in [6.45, 7) is 7.91. The van der Waals surface area contributed by atoms with Gasteiger partial charge in [-0.05, 0) is 12.1 Å². The van der Waals surface area contributed by atoms with Crippen LogP contribution in [0.5, 0.6) is 0 Å². The van der Waals surface area contributed by atoms with Gasteiger partial charge in [-0.2, -0.15) is 4.72 Å². The number of hydrogen-bond acceptors (Lipinski definition) is 3. The zero-order chi connectivity index (χ0) is 13.0. The Balaban J connectivity index is 0. The summed E-state index contributed by atoms with van der Waals surface area (Å²) in [6, 6.07) is 8.09. The van der Waals surface area contributed by atoms with Gasteiger partial charge in [-0.15, -0.1) is 0 Å². The van der Waals surface area contributed by atoms with Gasteiger partial charge in [0.1, 0.15) is 0 Å². The molecule has 94 valence electrons. The molecule has 0 aromatic heterocycles. The first-order valence-electron chi connectivity index (χ1n) is 5.41. The topological polar surface area (TPSA) is 72.2 Å². The highest BCUT2D eigenvalue weighted by molar-refractivity contribution is 7.89. The van der Waals surface area contributed by atoms with Crippen LogP contribution in [-0.4, -0.2) is 15.1 Å². The van der Waals surface area contributed by atoms with Gasteiger partial charge in [0, 0.05) is 0 Å². The number of rotatable bonds is 3. The second-order valence-electron chi connectivity index (χ2n) is 2.16. The molecule has 0 saturated carbocycles. The van der Waals surface area contributed by atoms with Crippen molar-refractivity contribution >= 4 is 10.0 Å². The maximum Gasteiger partial charge on any atom is 0.241 e. The minimum atomic E-state index is -3.39. The largest absolute Gasteiger partial charge is 0.318 e. The standard InChI is InChI=1S/C7H10N2O2S.2C2H6/c8-6-9-12(10,11)7-4-2-1-3-5-7;2*1-2/h1-5,9H,6,8H2;2*1-2H3. The number of nitrogens with two attached hydrogens (primary N) is 1. The molecule has 0 heterocycles. The van der Waals surface area contributed by atoms with Gasteiger partial charge in [0.25, 0.3) is 0 Å². The summed E-state index contributed by atoms with van der Waals surface area (Å²) in [5.74, 6) is 0. The Morgan fingerprint density at radius 3 is 1.88 bits per heavy atom. The minimum Gasteiger partial charge on any atom is -0.318 e. The molecular weight excluding hydrogens is 224 g/mol. The molecule has 1 aromatic carbocycles. The third kappa shape index (κ3) is 6.55. The summed E-state index contributed by atoms with van der Waals surface area (Å²) < 4.78 is 24.7. The molecule has 5 heteroatoms. The lowest BCUT2D eigenvalue weighted by atomic mass is 10.4. The Bertz CT molecular complexity index is 336. The van der Waals surface area contributed by atoms with Crippen LogP contribution in [0.1, 0.15) is 27.7 Å². The molecular formula is C11H22N2O2S. The normalized spacial score (nSPS) is 9.31. The summed E-state index contributed by atoms with van der Waals surface area (Å²) in [5, 5.41) is 0. The highest BCUT2D eigenvalue weighted by Gasteiger charge is 2.10. The Kier molecular flexibility index (Phi) is 11.6. The second kappa shape index (κ2) is 10.6. The molecule has 0 radical (unpaired) electrons. The van der Waals surface area contributed by atoms with Crippen LogP contribution in [0.4, 0.5) is 0 Å². The fourth-order valence-corrected chi connectivity index (χ4v) is 1.69. The molecule has 0 amide bonds. The van der Waals surface area contributed by atoms with Crippen LogP contribution in [0.3, 0.4) is 0 Å².